The number of carbonyl (C=O) groups excluding carboxylic acids is 1. The number of pyridine rings is 1. The Morgan fingerprint density at radius 1 is 1.15 bits per heavy atom. The van der Waals surface area contributed by atoms with E-state index >= 15 is 0 Å². The minimum absolute atomic E-state index is 0.0702. The Hall–Kier alpha value is -2.69. The van der Waals surface area contributed by atoms with E-state index in [2.05, 4.69) is 10.3 Å². The van der Waals surface area contributed by atoms with Crippen LogP contribution in [0.15, 0.2) is 42.6 Å². The number of nitrogens with zero attached hydrogens (tertiary/aromatic N) is 1. The molecular weight excluding hydrogens is 329 g/mol. The summed E-state index contributed by atoms with van der Waals surface area (Å²) in [7, 11) is 0. The summed E-state index contributed by atoms with van der Waals surface area (Å²) in [5, 5.41) is 3.13. The summed E-state index contributed by atoms with van der Waals surface area (Å²) in [4.78, 5) is 16.2. The summed E-state index contributed by atoms with van der Waals surface area (Å²) < 4.78 is 15.3. The molecule has 0 aliphatic heterocycles. The second-order valence-corrected chi connectivity index (χ2v) is 7.14. The van der Waals surface area contributed by atoms with Crippen LogP contribution in [0, 0.1) is 18.7 Å². The first kappa shape index (κ1) is 16.8. The van der Waals surface area contributed by atoms with Crippen LogP contribution in [-0.4, -0.2) is 10.9 Å². The van der Waals surface area contributed by atoms with Gasteiger partial charge in [0, 0.05) is 11.6 Å². The van der Waals surface area contributed by atoms with Gasteiger partial charge in [-0.3, -0.25) is 9.78 Å². The number of halogens is 1. The first-order valence-corrected chi connectivity index (χ1v) is 9.22. The highest BCUT2D eigenvalue weighted by atomic mass is 19.1. The van der Waals surface area contributed by atoms with E-state index in [1.165, 1.54) is 18.6 Å². The first-order chi connectivity index (χ1) is 12.6. The Morgan fingerprint density at radius 2 is 1.88 bits per heavy atom. The van der Waals surface area contributed by atoms with Gasteiger partial charge in [-0.05, 0) is 55.7 Å². The van der Waals surface area contributed by atoms with Gasteiger partial charge in [-0.25, -0.2) is 14.1 Å². The first-order valence-electron chi connectivity index (χ1n) is 9.22. The molecule has 3 aromatic rings. The number of aryl methyl sites for hydroxylation is 1. The van der Waals surface area contributed by atoms with Crippen molar-refractivity contribution in [1.82, 2.24) is 4.98 Å². The Kier molecular flexibility index (Phi) is 4.45. The molecule has 0 atom stereocenters. The van der Waals surface area contributed by atoms with Crippen molar-refractivity contribution >= 4 is 17.4 Å². The zero-order valence-corrected chi connectivity index (χ0v) is 14.9. The molecule has 1 amide bonds. The third kappa shape index (κ3) is 3.21. The molecule has 4 rings (SSSR count). The van der Waals surface area contributed by atoms with Gasteiger partial charge in [0.15, 0.2) is 5.69 Å². The van der Waals surface area contributed by atoms with Crippen LogP contribution in [0.25, 0.3) is 16.9 Å². The average Bonchev–Trinajstić information content (AvgIpc) is 3.00. The van der Waals surface area contributed by atoms with Crippen molar-refractivity contribution in [2.45, 2.75) is 39.0 Å². The van der Waals surface area contributed by atoms with Crippen molar-refractivity contribution in [3.63, 3.8) is 0 Å². The van der Waals surface area contributed by atoms with Gasteiger partial charge >= 0.3 is 0 Å². The largest absolute Gasteiger partial charge is 0.283 e. The predicted molar refractivity (Wildman–Crippen MR) is 99.3 cm³/mol. The summed E-state index contributed by atoms with van der Waals surface area (Å²) in [5.41, 5.74) is 3.65. The van der Waals surface area contributed by atoms with Crippen molar-refractivity contribution in [2.75, 3.05) is 5.32 Å². The zero-order chi connectivity index (χ0) is 18.1. The van der Waals surface area contributed by atoms with Gasteiger partial charge in [0.1, 0.15) is 5.82 Å². The lowest BCUT2D eigenvalue weighted by Crippen LogP contribution is -2.31. The van der Waals surface area contributed by atoms with E-state index < -0.39 is 0 Å². The van der Waals surface area contributed by atoms with Gasteiger partial charge in [0.05, 0.1) is 12.1 Å². The number of amides is 1. The second-order valence-electron chi connectivity index (χ2n) is 7.14. The SMILES string of the molecule is Cc1cc[n+]2c(NC(=O)C3CCCCC3)c(-c3ccc(F)cc3)[nH]c2c1. The third-order valence-electron chi connectivity index (χ3n) is 5.19. The van der Waals surface area contributed by atoms with Crippen LogP contribution in [0.2, 0.25) is 0 Å². The fraction of sp³-hybridized carbons (Fsp3) is 0.333. The van der Waals surface area contributed by atoms with Crippen LogP contribution in [0.3, 0.4) is 0 Å². The van der Waals surface area contributed by atoms with E-state index in [-0.39, 0.29) is 17.6 Å². The predicted octanol–water partition coefficient (Wildman–Crippen LogP) is 4.39. The normalized spacial score (nSPS) is 15.3. The monoisotopic (exact) mass is 352 g/mol. The van der Waals surface area contributed by atoms with E-state index in [1.807, 2.05) is 29.7 Å². The number of aromatic nitrogens is 2. The maximum atomic E-state index is 13.3. The van der Waals surface area contributed by atoms with Gasteiger partial charge < -0.3 is 0 Å². The minimum Gasteiger partial charge on any atom is -0.267 e. The molecule has 1 aromatic carbocycles. The molecule has 2 heterocycles. The highest BCUT2D eigenvalue weighted by Gasteiger charge is 2.28. The third-order valence-corrected chi connectivity index (χ3v) is 5.19. The molecule has 134 valence electrons. The van der Waals surface area contributed by atoms with Crippen molar-refractivity contribution in [3.8, 4) is 11.3 Å². The number of H-pyrrole nitrogens is 1. The van der Waals surface area contributed by atoms with Crippen molar-refractivity contribution in [3.05, 3.63) is 54.0 Å². The van der Waals surface area contributed by atoms with Crippen molar-refractivity contribution in [1.29, 1.82) is 0 Å². The van der Waals surface area contributed by atoms with Gasteiger partial charge in [-0.2, -0.15) is 0 Å². The van der Waals surface area contributed by atoms with E-state index in [4.69, 9.17) is 0 Å². The van der Waals surface area contributed by atoms with Crippen molar-refractivity contribution in [2.24, 2.45) is 5.92 Å². The molecule has 1 saturated carbocycles. The standard InChI is InChI=1S/C21H22FN3O/c1-14-11-12-25-18(13-14)23-19(15-7-9-17(22)10-8-15)20(25)24-21(26)16-5-3-2-4-6-16/h7-13,16H,2-6H2,1H3,(H,24,26)/p+1. The number of rotatable bonds is 3. The lowest BCUT2D eigenvalue weighted by Gasteiger charge is -2.18. The molecule has 2 N–H and O–H groups in total. The summed E-state index contributed by atoms with van der Waals surface area (Å²) in [6.07, 6.45) is 7.29. The zero-order valence-electron chi connectivity index (χ0n) is 14.9. The molecule has 0 bridgehead atoms. The number of carbonyl (C=O) groups is 1. The molecule has 2 aromatic heterocycles. The van der Waals surface area contributed by atoms with E-state index in [0.29, 0.717) is 5.82 Å². The number of nitrogens with one attached hydrogen (secondary N) is 2. The molecule has 0 saturated heterocycles. The quantitative estimate of drug-likeness (QED) is 0.675. The molecule has 1 aliphatic rings. The lowest BCUT2D eigenvalue weighted by atomic mass is 9.88. The smallest absolute Gasteiger partial charge is 0.267 e. The Morgan fingerprint density at radius 3 is 2.62 bits per heavy atom. The van der Waals surface area contributed by atoms with Gasteiger partial charge in [-0.1, -0.05) is 19.3 Å². The number of imidazole rings is 1. The maximum Gasteiger partial charge on any atom is 0.283 e. The molecule has 1 aliphatic carbocycles. The molecule has 4 nitrogen and oxygen atoms in total. The molecule has 5 heteroatoms. The number of aromatic amines is 1. The highest BCUT2D eigenvalue weighted by Crippen LogP contribution is 2.28. The van der Waals surface area contributed by atoms with Crippen LogP contribution in [0.5, 0.6) is 0 Å². The van der Waals surface area contributed by atoms with Crippen LogP contribution < -0.4 is 9.72 Å². The van der Waals surface area contributed by atoms with E-state index in [9.17, 15) is 9.18 Å². The molecule has 0 radical (unpaired) electrons. The summed E-state index contributed by atoms with van der Waals surface area (Å²) in [5.74, 6) is 0.575. The second kappa shape index (κ2) is 6.90. The van der Waals surface area contributed by atoms with Gasteiger partial charge in [0.25, 0.3) is 11.7 Å². The van der Waals surface area contributed by atoms with Gasteiger partial charge in [0.2, 0.25) is 5.65 Å². The summed E-state index contributed by atoms with van der Waals surface area (Å²) in [6, 6.07) is 10.4. The van der Waals surface area contributed by atoms with Crippen LogP contribution in [-0.2, 0) is 4.79 Å². The van der Waals surface area contributed by atoms with Crippen LogP contribution in [0.1, 0.15) is 37.7 Å². The Labute approximate surface area is 152 Å². The van der Waals surface area contributed by atoms with Gasteiger partial charge in [-0.15, -0.1) is 0 Å². The number of anilines is 1. The Balaban J connectivity index is 1.76. The molecule has 1 fully saturated rings. The summed E-state index contributed by atoms with van der Waals surface area (Å²) in [6.45, 7) is 2.03. The van der Waals surface area contributed by atoms with E-state index in [1.54, 1.807) is 12.1 Å². The van der Waals surface area contributed by atoms with Crippen molar-refractivity contribution < 1.29 is 13.6 Å². The lowest BCUT2D eigenvalue weighted by molar-refractivity contribution is -0.494. The number of hydrogen-bond donors (Lipinski definition) is 2. The minimum atomic E-state index is -0.277. The Bertz CT molecular complexity index is 940. The molecular formula is C21H23FN3O+. The average molecular weight is 352 g/mol. The fourth-order valence-corrected chi connectivity index (χ4v) is 3.74. The fourth-order valence-electron chi connectivity index (χ4n) is 3.74. The molecule has 26 heavy (non-hydrogen) atoms. The van der Waals surface area contributed by atoms with Crippen LogP contribution in [0.4, 0.5) is 10.2 Å². The number of benzene rings is 1. The topological polar surface area (TPSA) is 49.0 Å². The number of hydrogen-bond acceptors (Lipinski definition) is 1. The number of fused-ring (bicyclic) bond motifs is 1. The maximum absolute atomic E-state index is 13.3. The van der Waals surface area contributed by atoms with E-state index in [0.717, 1.165) is 48.2 Å². The molecule has 0 unspecified atom stereocenters. The van der Waals surface area contributed by atoms with Crippen LogP contribution >= 0.6 is 0 Å². The molecule has 0 spiro atoms. The summed E-state index contributed by atoms with van der Waals surface area (Å²) >= 11 is 0. The highest BCUT2D eigenvalue weighted by molar-refractivity contribution is 5.94.